The van der Waals surface area contributed by atoms with Gasteiger partial charge in [0.15, 0.2) is 0 Å². The predicted octanol–water partition coefficient (Wildman–Crippen LogP) is 4.14. The molecule has 0 spiro atoms. The lowest BCUT2D eigenvalue weighted by atomic mass is 10.1. The molecule has 0 aliphatic heterocycles. The second kappa shape index (κ2) is 8.06. The number of esters is 1. The van der Waals surface area contributed by atoms with Crippen molar-refractivity contribution in [1.82, 2.24) is 4.98 Å². The first-order chi connectivity index (χ1) is 11.5. The first kappa shape index (κ1) is 18.1. The Bertz CT molecular complexity index is 737. The summed E-state index contributed by atoms with van der Waals surface area (Å²) in [6, 6.07) is 5.21. The Labute approximate surface area is 145 Å². The van der Waals surface area contributed by atoms with Crippen LogP contribution in [0, 0.1) is 12.8 Å². The zero-order valence-corrected chi connectivity index (χ0v) is 15.1. The van der Waals surface area contributed by atoms with Gasteiger partial charge in [0.25, 0.3) is 0 Å². The van der Waals surface area contributed by atoms with Gasteiger partial charge in [-0.1, -0.05) is 13.8 Å². The number of thiazole rings is 1. The van der Waals surface area contributed by atoms with Crippen LogP contribution in [0.1, 0.15) is 46.5 Å². The SMILES string of the molecule is CCOC(=O)c1sc(-c2cc(C=O)ccc2OCC(C)C)nc1C. The number of benzene rings is 1. The summed E-state index contributed by atoms with van der Waals surface area (Å²) in [6.07, 6.45) is 0.780. The Kier molecular flexibility index (Phi) is 6.09. The smallest absolute Gasteiger partial charge is 0.350 e. The second-order valence-electron chi connectivity index (χ2n) is 5.73. The zero-order valence-electron chi connectivity index (χ0n) is 14.3. The molecule has 0 aliphatic carbocycles. The van der Waals surface area contributed by atoms with Crippen LogP contribution < -0.4 is 4.74 Å². The van der Waals surface area contributed by atoms with Gasteiger partial charge in [0.05, 0.1) is 24.5 Å². The van der Waals surface area contributed by atoms with Crippen molar-refractivity contribution in [2.45, 2.75) is 27.7 Å². The number of aryl methyl sites for hydroxylation is 1. The highest BCUT2D eigenvalue weighted by atomic mass is 32.1. The van der Waals surface area contributed by atoms with Gasteiger partial charge in [-0.25, -0.2) is 9.78 Å². The van der Waals surface area contributed by atoms with Gasteiger partial charge in [0, 0.05) is 5.56 Å². The van der Waals surface area contributed by atoms with E-state index in [-0.39, 0.29) is 5.97 Å². The van der Waals surface area contributed by atoms with E-state index in [1.165, 1.54) is 11.3 Å². The summed E-state index contributed by atoms with van der Waals surface area (Å²) in [6.45, 7) is 8.53. The Morgan fingerprint density at radius 3 is 2.75 bits per heavy atom. The summed E-state index contributed by atoms with van der Waals surface area (Å²) >= 11 is 1.25. The summed E-state index contributed by atoms with van der Waals surface area (Å²) in [4.78, 5) is 28.0. The maximum atomic E-state index is 12.0. The standard InChI is InChI=1S/C18H21NO4S/c1-5-22-18(21)16-12(4)19-17(24-16)14-8-13(9-20)6-7-15(14)23-10-11(2)3/h6-9,11H,5,10H2,1-4H3. The van der Waals surface area contributed by atoms with Crippen LogP contribution in [0.25, 0.3) is 10.6 Å². The third kappa shape index (κ3) is 4.20. The molecule has 5 nitrogen and oxygen atoms in total. The third-order valence-electron chi connectivity index (χ3n) is 3.20. The van der Waals surface area contributed by atoms with Crippen LogP contribution in [0.4, 0.5) is 0 Å². The van der Waals surface area contributed by atoms with Crippen LogP contribution in [0.15, 0.2) is 18.2 Å². The Morgan fingerprint density at radius 2 is 2.12 bits per heavy atom. The number of aromatic nitrogens is 1. The molecule has 0 saturated heterocycles. The first-order valence-corrected chi connectivity index (χ1v) is 8.64. The Hall–Kier alpha value is -2.21. The molecule has 1 aromatic carbocycles. The van der Waals surface area contributed by atoms with Gasteiger partial charge in [0.1, 0.15) is 21.9 Å². The maximum absolute atomic E-state index is 12.0. The highest BCUT2D eigenvalue weighted by Gasteiger charge is 2.19. The molecule has 0 N–H and O–H groups in total. The van der Waals surface area contributed by atoms with E-state index in [1.54, 1.807) is 32.0 Å². The molecule has 24 heavy (non-hydrogen) atoms. The number of hydrogen-bond donors (Lipinski definition) is 0. The number of carbonyl (C=O) groups is 2. The van der Waals surface area contributed by atoms with E-state index < -0.39 is 0 Å². The minimum Gasteiger partial charge on any atom is -0.493 e. The van der Waals surface area contributed by atoms with Crippen molar-refractivity contribution in [3.05, 3.63) is 34.3 Å². The molecule has 0 aliphatic rings. The monoisotopic (exact) mass is 347 g/mol. The summed E-state index contributed by atoms with van der Waals surface area (Å²) in [7, 11) is 0. The van der Waals surface area contributed by atoms with Crippen molar-refractivity contribution in [2.24, 2.45) is 5.92 Å². The van der Waals surface area contributed by atoms with Crippen LogP contribution in [-0.2, 0) is 4.74 Å². The van der Waals surface area contributed by atoms with E-state index in [2.05, 4.69) is 18.8 Å². The molecule has 0 fully saturated rings. The average molecular weight is 347 g/mol. The first-order valence-electron chi connectivity index (χ1n) is 7.83. The van der Waals surface area contributed by atoms with Crippen molar-refractivity contribution in [1.29, 1.82) is 0 Å². The largest absolute Gasteiger partial charge is 0.493 e. The fourth-order valence-electron chi connectivity index (χ4n) is 2.07. The van der Waals surface area contributed by atoms with Gasteiger partial charge >= 0.3 is 5.97 Å². The number of ether oxygens (including phenoxy) is 2. The molecule has 6 heteroatoms. The van der Waals surface area contributed by atoms with Crippen molar-refractivity contribution in [2.75, 3.05) is 13.2 Å². The highest BCUT2D eigenvalue weighted by Crippen LogP contribution is 2.35. The molecule has 2 rings (SSSR count). The summed E-state index contributed by atoms with van der Waals surface area (Å²) < 4.78 is 10.9. The highest BCUT2D eigenvalue weighted by molar-refractivity contribution is 7.17. The number of carbonyl (C=O) groups excluding carboxylic acids is 2. The topological polar surface area (TPSA) is 65.5 Å². The van der Waals surface area contributed by atoms with Gasteiger partial charge in [-0.3, -0.25) is 4.79 Å². The quantitative estimate of drug-likeness (QED) is 0.556. The lowest BCUT2D eigenvalue weighted by molar-refractivity contribution is 0.0531. The zero-order chi connectivity index (χ0) is 17.7. The van der Waals surface area contributed by atoms with Crippen LogP contribution in [-0.4, -0.2) is 30.5 Å². The molecule has 0 amide bonds. The summed E-state index contributed by atoms with van der Waals surface area (Å²) in [5, 5.41) is 0.637. The molecule has 128 valence electrons. The van der Waals surface area contributed by atoms with E-state index in [1.807, 2.05) is 0 Å². The normalized spacial score (nSPS) is 10.7. The Morgan fingerprint density at radius 1 is 1.38 bits per heavy atom. The summed E-state index contributed by atoms with van der Waals surface area (Å²) in [5.74, 6) is 0.644. The third-order valence-corrected chi connectivity index (χ3v) is 4.37. The molecule has 0 atom stereocenters. The van der Waals surface area contributed by atoms with E-state index in [0.29, 0.717) is 51.6 Å². The van der Waals surface area contributed by atoms with Gasteiger partial charge in [0.2, 0.25) is 0 Å². The van der Waals surface area contributed by atoms with Crippen molar-refractivity contribution in [3.8, 4) is 16.3 Å². The molecule has 2 aromatic rings. The molecule has 0 unspecified atom stereocenters. The van der Waals surface area contributed by atoms with Crippen LogP contribution in [0.2, 0.25) is 0 Å². The average Bonchev–Trinajstić information content (AvgIpc) is 2.94. The minimum absolute atomic E-state index is 0.314. The summed E-state index contributed by atoms with van der Waals surface area (Å²) in [5.41, 5.74) is 1.86. The van der Waals surface area contributed by atoms with Gasteiger partial charge < -0.3 is 9.47 Å². The molecular formula is C18H21NO4S. The second-order valence-corrected chi connectivity index (χ2v) is 6.73. The van der Waals surface area contributed by atoms with Crippen molar-refractivity contribution >= 4 is 23.6 Å². The van der Waals surface area contributed by atoms with Gasteiger partial charge in [-0.2, -0.15) is 0 Å². The predicted molar refractivity (Wildman–Crippen MR) is 94.0 cm³/mol. The fourth-order valence-corrected chi connectivity index (χ4v) is 3.05. The molecule has 0 bridgehead atoms. The molecule has 0 saturated carbocycles. The number of rotatable bonds is 7. The van der Waals surface area contributed by atoms with Gasteiger partial charge in [-0.15, -0.1) is 11.3 Å². The number of nitrogens with zero attached hydrogens (tertiary/aromatic N) is 1. The fraction of sp³-hybridized carbons (Fsp3) is 0.389. The van der Waals surface area contributed by atoms with E-state index in [9.17, 15) is 9.59 Å². The Balaban J connectivity index is 2.44. The lowest BCUT2D eigenvalue weighted by Crippen LogP contribution is -2.05. The number of hydrogen-bond acceptors (Lipinski definition) is 6. The van der Waals surface area contributed by atoms with Crippen LogP contribution in [0.3, 0.4) is 0 Å². The van der Waals surface area contributed by atoms with E-state index in [0.717, 1.165) is 6.29 Å². The minimum atomic E-state index is -0.380. The molecular weight excluding hydrogens is 326 g/mol. The maximum Gasteiger partial charge on any atom is 0.350 e. The lowest BCUT2D eigenvalue weighted by Gasteiger charge is -2.12. The molecule has 1 aromatic heterocycles. The van der Waals surface area contributed by atoms with Crippen LogP contribution in [0.5, 0.6) is 5.75 Å². The van der Waals surface area contributed by atoms with Crippen molar-refractivity contribution in [3.63, 3.8) is 0 Å². The van der Waals surface area contributed by atoms with Crippen LogP contribution >= 0.6 is 11.3 Å². The van der Waals surface area contributed by atoms with Crippen molar-refractivity contribution < 1.29 is 19.1 Å². The van der Waals surface area contributed by atoms with E-state index in [4.69, 9.17) is 9.47 Å². The van der Waals surface area contributed by atoms with Gasteiger partial charge in [-0.05, 0) is 38.0 Å². The molecule has 0 radical (unpaired) electrons. The van der Waals surface area contributed by atoms with E-state index >= 15 is 0 Å². The molecule has 1 heterocycles. The number of aldehydes is 1.